The normalized spacial score (nSPS) is 14.6. The van der Waals surface area contributed by atoms with E-state index in [1.807, 2.05) is 24.3 Å². The van der Waals surface area contributed by atoms with Crippen molar-refractivity contribution in [3.05, 3.63) is 35.4 Å². The van der Waals surface area contributed by atoms with Crippen LogP contribution in [-0.4, -0.2) is 30.5 Å². The lowest BCUT2D eigenvalue weighted by molar-refractivity contribution is 0.0735. The van der Waals surface area contributed by atoms with Crippen molar-refractivity contribution < 1.29 is 9.53 Å². The molecule has 0 atom stereocenters. The maximum absolute atomic E-state index is 12.7. The van der Waals surface area contributed by atoms with E-state index in [0.717, 1.165) is 36.9 Å². The van der Waals surface area contributed by atoms with Gasteiger partial charge in [-0.05, 0) is 42.9 Å². The molecule has 1 aliphatic carbocycles. The summed E-state index contributed by atoms with van der Waals surface area (Å²) in [6, 6.07) is 8.26. The molecule has 1 amide bonds. The fraction of sp³-hybridized carbons (Fsp3) is 0.588. The number of rotatable bonds is 7. The Labute approximate surface area is 121 Å². The highest BCUT2D eigenvalue weighted by molar-refractivity contribution is 5.94. The fourth-order valence-electron chi connectivity index (χ4n) is 2.36. The average molecular weight is 275 g/mol. The third-order valence-corrected chi connectivity index (χ3v) is 3.68. The van der Waals surface area contributed by atoms with E-state index in [0.29, 0.717) is 18.6 Å². The average Bonchev–Trinajstić information content (AvgIpc) is 3.24. The predicted molar refractivity (Wildman–Crippen MR) is 80.7 cm³/mol. The van der Waals surface area contributed by atoms with E-state index in [1.54, 1.807) is 7.11 Å². The maximum Gasteiger partial charge on any atom is 0.254 e. The van der Waals surface area contributed by atoms with Crippen molar-refractivity contribution in [1.82, 2.24) is 4.90 Å². The van der Waals surface area contributed by atoms with Crippen LogP contribution in [0.25, 0.3) is 0 Å². The van der Waals surface area contributed by atoms with Crippen LogP contribution in [0.2, 0.25) is 0 Å². The van der Waals surface area contributed by atoms with Gasteiger partial charge < -0.3 is 9.64 Å². The highest BCUT2D eigenvalue weighted by atomic mass is 16.5. The van der Waals surface area contributed by atoms with Crippen LogP contribution in [0.3, 0.4) is 0 Å². The second-order valence-corrected chi connectivity index (χ2v) is 6.05. The number of carbonyl (C=O) groups excluding carboxylic acids is 1. The first-order chi connectivity index (χ1) is 9.61. The number of ether oxygens (including phenoxy) is 1. The van der Waals surface area contributed by atoms with Crippen molar-refractivity contribution in [2.75, 3.05) is 13.7 Å². The Balaban J connectivity index is 2.08. The molecule has 1 saturated carbocycles. The highest BCUT2D eigenvalue weighted by Gasteiger charge is 2.32. The number of methoxy groups -OCH3 is 1. The van der Waals surface area contributed by atoms with Crippen molar-refractivity contribution in [2.45, 2.75) is 45.8 Å². The van der Waals surface area contributed by atoms with Gasteiger partial charge in [0.2, 0.25) is 0 Å². The molecule has 0 heterocycles. The minimum atomic E-state index is 0.172. The van der Waals surface area contributed by atoms with Crippen molar-refractivity contribution in [3.8, 4) is 0 Å². The lowest BCUT2D eigenvalue weighted by atomic mass is 10.1. The van der Waals surface area contributed by atoms with Crippen LogP contribution >= 0.6 is 0 Å². The summed E-state index contributed by atoms with van der Waals surface area (Å²) in [6.07, 6.45) is 3.38. The van der Waals surface area contributed by atoms with Crippen LogP contribution in [0.5, 0.6) is 0 Å². The molecular formula is C17H25NO2. The van der Waals surface area contributed by atoms with Gasteiger partial charge in [-0.1, -0.05) is 26.0 Å². The Morgan fingerprint density at radius 3 is 2.75 bits per heavy atom. The zero-order chi connectivity index (χ0) is 14.5. The summed E-state index contributed by atoms with van der Waals surface area (Å²) in [6.45, 7) is 5.83. The molecule has 0 bridgehead atoms. The predicted octanol–water partition coefficient (Wildman–Crippen LogP) is 3.48. The van der Waals surface area contributed by atoms with Crippen LogP contribution in [0.1, 0.15) is 49.0 Å². The zero-order valence-corrected chi connectivity index (χ0v) is 12.8. The summed E-state index contributed by atoms with van der Waals surface area (Å²) in [5.41, 5.74) is 1.84. The Morgan fingerprint density at radius 1 is 1.40 bits per heavy atom. The number of benzene rings is 1. The molecule has 1 fully saturated rings. The van der Waals surface area contributed by atoms with Crippen molar-refractivity contribution in [2.24, 2.45) is 5.92 Å². The van der Waals surface area contributed by atoms with E-state index in [-0.39, 0.29) is 5.91 Å². The molecule has 0 radical (unpaired) electrons. The number of hydrogen-bond acceptors (Lipinski definition) is 2. The first kappa shape index (κ1) is 15.0. The zero-order valence-electron chi connectivity index (χ0n) is 12.8. The van der Waals surface area contributed by atoms with Gasteiger partial charge in [-0.3, -0.25) is 4.79 Å². The third-order valence-electron chi connectivity index (χ3n) is 3.68. The maximum atomic E-state index is 12.7. The Kier molecular flexibility index (Phi) is 5.18. The summed E-state index contributed by atoms with van der Waals surface area (Å²) < 4.78 is 5.14. The molecule has 0 unspecified atom stereocenters. The summed E-state index contributed by atoms with van der Waals surface area (Å²) in [4.78, 5) is 14.7. The van der Waals surface area contributed by atoms with E-state index in [4.69, 9.17) is 4.74 Å². The van der Waals surface area contributed by atoms with Crippen LogP contribution in [-0.2, 0) is 11.3 Å². The number of nitrogens with zero attached hydrogens (tertiary/aromatic N) is 1. The van der Waals surface area contributed by atoms with E-state index in [1.165, 1.54) is 0 Å². The molecule has 0 spiro atoms. The molecule has 1 aliphatic rings. The molecule has 0 saturated heterocycles. The van der Waals surface area contributed by atoms with E-state index in [2.05, 4.69) is 18.7 Å². The second kappa shape index (κ2) is 6.89. The number of amides is 1. The molecule has 0 aliphatic heterocycles. The van der Waals surface area contributed by atoms with Gasteiger partial charge in [0.15, 0.2) is 0 Å². The Morgan fingerprint density at radius 2 is 2.15 bits per heavy atom. The van der Waals surface area contributed by atoms with Gasteiger partial charge in [0, 0.05) is 25.3 Å². The third kappa shape index (κ3) is 4.07. The molecule has 3 nitrogen and oxygen atoms in total. The molecule has 1 aromatic rings. The molecule has 110 valence electrons. The second-order valence-electron chi connectivity index (χ2n) is 6.05. The highest BCUT2D eigenvalue weighted by Crippen LogP contribution is 2.29. The van der Waals surface area contributed by atoms with Gasteiger partial charge in [-0.2, -0.15) is 0 Å². The minimum absolute atomic E-state index is 0.172. The van der Waals surface area contributed by atoms with Crippen LogP contribution in [0, 0.1) is 5.92 Å². The van der Waals surface area contributed by atoms with Crippen LogP contribution in [0.15, 0.2) is 24.3 Å². The largest absolute Gasteiger partial charge is 0.380 e. The number of hydrogen-bond donors (Lipinski definition) is 0. The van der Waals surface area contributed by atoms with Crippen LogP contribution in [0.4, 0.5) is 0 Å². The Bertz CT molecular complexity index is 452. The van der Waals surface area contributed by atoms with E-state index >= 15 is 0 Å². The standard InChI is InChI=1S/C17H25NO2/c1-13(2)9-10-18(16-7-8-16)17(19)15-6-4-5-14(11-15)12-20-3/h4-6,11,13,16H,7-10,12H2,1-3H3. The first-order valence-corrected chi connectivity index (χ1v) is 7.50. The van der Waals surface area contributed by atoms with Crippen molar-refractivity contribution in [3.63, 3.8) is 0 Å². The summed E-state index contributed by atoms with van der Waals surface area (Å²) in [5, 5.41) is 0. The number of carbonyl (C=O) groups is 1. The lowest BCUT2D eigenvalue weighted by Gasteiger charge is -2.23. The van der Waals surface area contributed by atoms with E-state index in [9.17, 15) is 4.79 Å². The lowest BCUT2D eigenvalue weighted by Crippen LogP contribution is -2.34. The molecule has 20 heavy (non-hydrogen) atoms. The molecular weight excluding hydrogens is 250 g/mol. The van der Waals surface area contributed by atoms with Gasteiger partial charge in [0.05, 0.1) is 6.61 Å². The molecule has 0 aromatic heterocycles. The quantitative estimate of drug-likeness (QED) is 0.762. The SMILES string of the molecule is COCc1cccc(C(=O)N(CCC(C)C)C2CC2)c1. The van der Waals surface area contributed by atoms with Crippen molar-refractivity contribution in [1.29, 1.82) is 0 Å². The van der Waals surface area contributed by atoms with Crippen molar-refractivity contribution >= 4 is 5.91 Å². The molecule has 1 aromatic carbocycles. The van der Waals surface area contributed by atoms with E-state index < -0.39 is 0 Å². The fourth-order valence-corrected chi connectivity index (χ4v) is 2.36. The van der Waals surface area contributed by atoms with Gasteiger partial charge in [0.25, 0.3) is 5.91 Å². The Hall–Kier alpha value is -1.35. The molecule has 2 rings (SSSR count). The smallest absolute Gasteiger partial charge is 0.254 e. The summed E-state index contributed by atoms with van der Waals surface area (Å²) >= 11 is 0. The van der Waals surface area contributed by atoms with Crippen LogP contribution < -0.4 is 0 Å². The minimum Gasteiger partial charge on any atom is -0.380 e. The monoisotopic (exact) mass is 275 g/mol. The molecule has 0 N–H and O–H groups in total. The summed E-state index contributed by atoms with van der Waals surface area (Å²) in [7, 11) is 1.67. The molecule has 3 heteroatoms. The van der Waals surface area contributed by atoms with Gasteiger partial charge >= 0.3 is 0 Å². The first-order valence-electron chi connectivity index (χ1n) is 7.50. The van der Waals surface area contributed by atoms with Gasteiger partial charge in [-0.15, -0.1) is 0 Å². The topological polar surface area (TPSA) is 29.5 Å². The summed E-state index contributed by atoms with van der Waals surface area (Å²) in [5.74, 6) is 0.801. The van der Waals surface area contributed by atoms with Gasteiger partial charge in [0.1, 0.15) is 0 Å². The van der Waals surface area contributed by atoms with Gasteiger partial charge in [-0.25, -0.2) is 0 Å².